The second-order valence-corrected chi connectivity index (χ2v) is 11.8. The normalized spacial score (nSPS) is 36.1. The molecule has 2 heterocycles. The van der Waals surface area contributed by atoms with Crippen LogP contribution in [0.3, 0.4) is 0 Å². The van der Waals surface area contributed by atoms with Gasteiger partial charge in [0.1, 0.15) is 30.0 Å². The lowest BCUT2D eigenvalue weighted by Gasteiger charge is -2.37. The molecule has 0 aromatic carbocycles. The molecule has 10 heteroatoms. The Balaban J connectivity index is 2.17. The van der Waals surface area contributed by atoms with Crippen LogP contribution in [-0.4, -0.2) is 75.6 Å². The maximum absolute atomic E-state index is 12.6. The van der Waals surface area contributed by atoms with Crippen molar-refractivity contribution in [3.63, 3.8) is 0 Å². The number of aliphatic hydroxyl groups excluding tert-OH is 2. The fourth-order valence-corrected chi connectivity index (χ4v) is 5.29. The zero-order chi connectivity index (χ0) is 30.9. The summed E-state index contributed by atoms with van der Waals surface area (Å²) < 4.78 is 21.6. The SMILES string of the molecule is CCC1OC(=O)OC(C(O)CC(C)/C=C/C=C(\C)C2OC(=O)CC(O)CCC(C)(O)C(OC(C)=O)/C=C/C2C)C1C. The van der Waals surface area contributed by atoms with Gasteiger partial charge < -0.3 is 34.3 Å². The minimum absolute atomic E-state index is 0.0547. The molecule has 0 aromatic heterocycles. The Hall–Kier alpha value is -2.69. The van der Waals surface area contributed by atoms with Crippen molar-refractivity contribution in [1.29, 1.82) is 0 Å². The van der Waals surface area contributed by atoms with Crippen LogP contribution < -0.4 is 0 Å². The van der Waals surface area contributed by atoms with E-state index in [9.17, 15) is 29.7 Å². The summed E-state index contributed by atoms with van der Waals surface area (Å²) in [5.41, 5.74) is -0.701. The molecular weight excluding hydrogens is 532 g/mol. The number of carbonyl (C=O) groups excluding carboxylic acids is 3. The number of rotatable bonds is 8. The van der Waals surface area contributed by atoms with Crippen molar-refractivity contribution >= 4 is 18.1 Å². The maximum atomic E-state index is 12.6. The van der Waals surface area contributed by atoms with E-state index in [0.717, 1.165) is 5.57 Å². The summed E-state index contributed by atoms with van der Waals surface area (Å²) in [4.78, 5) is 36.1. The molecule has 0 saturated carbocycles. The number of esters is 2. The molecule has 0 bridgehead atoms. The summed E-state index contributed by atoms with van der Waals surface area (Å²) in [5, 5.41) is 32.1. The second-order valence-electron chi connectivity index (χ2n) is 11.8. The molecule has 0 aliphatic carbocycles. The number of hydrogen-bond donors (Lipinski definition) is 3. The van der Waals surface area contributed by atoms with Crippen molar-refractivity contribution in [3.8, 4) is 0 Å². The smallest absolute Gasteiger partial charge is 0.457 e. The third kappa shape index (κ3) is 10.6. The average Bonchev–Trinajstić information content (AvgIpc) is 2.88. The first-order valence-corrected chi connectivity index (χ1v) is 14.5. The van der Waals surface area contributed by atoms with Crippen molar-refractivity contribution in [2.24, 2.45) is 17.8 Å². The minimum atomic E-state index is -1.44. The summed E-state index contributed by atoms with van der Waals surface area (Å²) in [6.45, 7) is 12.2. The summed E-state index contributed by atoms with van der Waals surface area (Å²) in [7, 11) is 0. The van der Waals surface area contributed by atoms with Gasteiger partial charge in [0.05, 0.1) is 18.6 Å². The van der Waals surface area contributed by atoms with Crippen molar-refractivity contribution < 1.29 is 48.7 Å². The molecule has 0 amide bonds. The first kappa shape index (κ1) is 34.5. The number of hydrogen-bond acceptors (Lipinski definition) is 10. The Morgan fingerprint density at radius 3 is 2.51 bits per heavy atom. The number of cyclic esters (lactones) is 3. The second kappa shape index (κ2) is 15.5. The predicted octanol–water partition coefficient (Wildman–Crippen LogP) is 4.16. The van der Waals surface area contributed by atoms with E-state index in [2.05, 4.69) is 0 Å². The van der Waals surface area contributed by atoms with E-state index in [1.54, 1.807) is 12.2 Å². The van der Waals surface area contributed by atoms with Crippen LogP contribution in [0.4, 0.5) is 4.79 Å². The van der Waals surface area contributed by atoms with Gasteiger partial charge in [0.15, 0.2) is 0 Å². The number of allylic oxidation sites excluding steroid dienone is 3. The first-order chi connectivity index (χ1) is 19.1. The largest absolute Gasteiger partial charge is 0.508 e. The van der Waals surface area contributed by atoms with Crippen LogP contribution in [0.5, 0.6) is 0 Å². The molecule has 2 aliphatic heterocycles. The minimum Gasteiger partial charge on any atom is -0.457 e. The van der Waals surface area contributed by atoms with E-state index < -0.39 is 54.2 Å². The fourth-order valence-electron chi connectivity index (χ4n) is 5.29. The van der Waals surface area contributed by atoms with Gasteiger partial charge in [-0.25, -0.2) is 4.79 Å². The van der Waals surface area contributed by atoms with Gasteiger partial charge in [0.25, 0.3) is 0 Å². The lowest BCUT2D eigenvalue weighted by Crippen LogP contribution is -2.48. The highest BCUT2D eigenvalue weighted by molar-refractivity contribution is 5.70. The summed E-state index contributed by atoms with van der Waals surface area (Å²) in [6, 6.07) is 0. The molecule has 2 aliphatic rings. The number of aliphatic hydroxyl groups is 3. The van der Waals surface area contributed by atoms with Crippen LogP contribution >= 0.6 is 0 Å². The molecule has 0 radical (unpaired) electrons. The van der Waals surface area contributed by atoms with E-state index in [1.807, 2.05) is 52.8 Å². The highest BCUT2D eigenvalue weighted by Gasteiger charge is 2.40. The van der Waals surface area contributed by atoms with Crippen LogP contribution in [0.2, 0.25) is 0 Å². The van der Waals surface area contributed by atoms with Gasteiger partial charge in [-0.15, -0.1) is 0 Å². The molecule has 0 spiro atoms. The van der Waals surface area contributed by atoms with E-state index in [0.29, 0.717) is 12.8 Å². The van der Waals surface area contributed by atoms with Crippen LogP contribution in [0.25, 0.3) is 0 Å². The molecule has 10 unspecified atom stereocenters. The van der Waals surface area contributed by atoms with Crippen LogP contribution in [0, 0.1) is 17.8 Å². The highest BCUT2D eigenvalue weighted by Crippen LogP contribution is 2.29. The molecule has 10 nitrogen and oxygen atoms in total. The summed E-state index contributed by atoms with van der Waals surface area (Å²) in [5.74, 6) is -1.64. The molecule has 3 N–H and O–H groups in total. The predicted molar refractivity (Wildman–Crippen MR) is 152 cm³/mol. The Kier molecular flexibility index (Phi) is 13.1. The van der Waals surface area contributed by atoms with Gasteiger partial charge in [-0.2, -0.15) is 0 Å². The molecule has 1 fully saturated rings. The van der Waals surface area contributed by atoms with Crippen molar-refractivity contribution in [2.45, 2.75) is 123 Å². The van der Waals surface area contributed by atoms with Gasteiger partial charge in [-0.05, 0) is 57.1 Å². The summed E-state index contributed by atoms with van der Waals surface area (Å²) in [6.07, 6.45) is 4.72. The lowest BCUT2D eigenvalue weighted by molar-refractivity contribution is -0.157. The number of carbonyl (C=O) groups is 3. The molecule has 0 aromatic rings. The average molecular weight is 581 g/mol. The molecule has 232 valence electrons. The molecule has 1 saturated heterocycles. The standard InChI is InChI=1S/C31H48O10/c1-8-25-21(5)29(41-30(36)39-25)24(34)16-18(2)10-9-11-19(3)28-20(4)12-13-26(38-22(6)32)31(7,37)15-14-23(33)17-27(35)40-28/h9-13,18,20-21,23-26,28-29,33-34,37H,8,14-17H2,1-7H3/b10-9+,13-12+,19-11+. The van der Waals surface area contributed by atoms with Crippen molar-refractivity contribution in [1.82, 2.24) is 0 Å². The van der Waals surface area contributed by atoms with E-state index in [4.69, 9.17) is 18.9 Å². The van der Waals surface area contributed by atoms with Gasteiger partial charge in [0, 0.05) is 18.8 Å². The monoisotopic (exact) mass is 580 g/mol. The zero-order valence-electron chi connectivity index (χ0n) is 25.3. The molecule has 41 heavy (non-hydrogen) atoms. The molecular formula is C31H48O10. The molecule has 10 atom stereocenters. The Bertz CT molecular complexity index is 983. The van der Waals surface area contributed by atoms with Crippen molar-refractivity contribution in [3.05, 3.63) is 36.0 Å². The van der Waals surface area contributed by atoms with Crippen LogP contribution in [-0.2, 0) is 28.5 Å². The fraction of sp³-hybridized carbons (Fsp3) is 0.710. The van der Waals surface area contributed by atoms with Crippen molar-refractivity contribution in [2.75, 3.05) is 0 Å². The van der Waals surface area contributed by atoms with E-state index in [-0.39, 0.29) is 43.1 Å². The van der Waals surface area contributed by atoms with E-state index in [1.165, 1.54) is 13.8 Å². The molecule has 2 rings (SSSR count). The van der Waals surface area contributed by atoms with Crippen LogP contribution in [0.1, 0.15) is 80.6 Å². The van der Waals surface area contributed by atoms with Crippen LogP contribution in [0.15, 0.2) is 36.0 Å². The van der Waals surface area contributed by atoms with E-state index >= 15 is 0 Å². The third-order valence-electron chi connectivity index (χ3n) is 7.84. The van der Waals surface area contributed by atoms with Gasteiger partial charge >= 0.3 is 18.1 Å². The Morgan fingerprint density at radius 1 is 1.20 bits per heavy atom. The summed E-state index contributed by atoms with van der Waals surface area (Å²) >= 11 is 0. The highest BCUT2D eigenvalue weighted by atomic mass is 16.7. The first-order valence-electron chi connectivity index (χ1n) is 14.5. The number of ether oxygens (including phenoxy) is 4. The topological polar surface area (TPSA) is 149 Å². The Labute approximate surface area is 243 Å². The quantitative estimate of drug-likeness (QED) is 0.165. The maximum Gasteiger partial charge on any atom is 0.508 e. The lowest BCUT2D eigenvalue weighted by atomic mass is 9.88. The zero-order valence-corrected chi connectivity index (χ0v) is 25.3. The third-order valence-corrected chi connectivity index (χ3v) is 7.84. The van der Waals surface area contributed by atoms with Gasteiger partial charge in [-0.3, -0.25) is 9.59 Å². The van der Waals surface area contributed by atoms with Gasteiger partial charge in [-0.1, -0.05) is 52.0 Å². The Morgan fingerprint density at radius 2 is 1.88 bits per heavy atom. The van der Waals surface area contributed by atoms with Gasteiger partial charge in [0.2, 0.25) is 0 Å².